The molecule has 0 saturated carbocycles. The first kappa shape index (κ1) is 22.0. The summed E-state index contributed by atoms with van der Waals surface area (Å²) < 4.78 is 5.53. The molecule has 1 aromatic heterocycles. The van der Waals surface area contributed by atoms with Crippen LogP contribution in [0.3, 0.4) is 0 Å². The van der Waals surface area contributed by atoms with E-state index in [9.17, 15) is 0 Å². The van der Waals surface area contributed by atoms with Crippen molar-refractivity contribution in [2.24, 2.45) is 4.99 Å². The number of nitrogens with zero attached hydrogens (tertiary/aromatic N) is 3. The maximum Gasteiger partial charge on any atom is 0.191 e. The van der Waals surface area contributed by atoms with Crippen molar-refractivity contribution < 1.29 is 4.74 Å². The summed E-state index contributed by atoms with van der Waals surface area (Å²) in [6.45, 7) is 8.96. The Labute approximate surface area is 182 Å². The number of rotatable bonds is 7. The van der Waals surface area contributed by atoms with Crippen LogP contribution in [0.2, 0.25) is 5.02 Å². The molecule has 2 N–H and O–H groups in total. The normalized spacial score (nSPS) is 16.8. The van der Waals surface area contributed by atoms with Crippen LogP contribution < -0.4 is 10.6 Å². The minimum atomic E-state index is 0.151. The van der Waals surface area contributed by atoms with Gasteiger partial charge < -0.3 is 15.4 Å². The molecule has 0 spiro atoms. The summed E-state index contributed by atoms with van der Waals surface area (Å²) in [5.74, 6) is 1.21. The molecule has 3 rings (SSSR count). The van der Waals surface area contributed by atoms with Crippen LogP contribution in [0.1, 0.15) is 42.1 Å². The Morgan fingerprint density at radius 2 is 2.03 bits per heavy atom. The molecular formula is C21H30ClN5OS. The van der Waals surface area contributed by atoms with Crippen molar-refractivity contribution in [2.75, 3.05) is 39.9 Å². The van der Waals surface area contributed by atoms with Gasteiger partial charge in [0.1, 0.15) is 5.01 Å². The summed E-state index contributed by atoms with van der Waals surface area (Å²) in [4.78, 5) is 11.5. The number of hydrogen-bond acceptors (Lipinski definition) is 5. The molecule has 0 bridgehead atoms. The number of hydrogen-bond donors (Lipinski definition) is 2. The predicted octanol–water partition coefficient (Wildman–Crippen LogP) is 3.66. The topological polar surface area (TPSA) is 61.8 Å². The molecule has 0 amide bonds. The SMILES string of the molecule is CN=C(NCc1nc(C(C)C)cs1)NCC(c1ccccc1Cl)N1CCOCC1. The molecule has 2 heterocycles. The van der Waals surface area contributed by atoms with E-state index in [-0.39, 0.29) is 6.04 Å². The van der Waals surface area contributed by atoms with Gasteiger partial charge in [-0.15, -0.1) is 11.3 Å². The maximum atomic E-state index is 6.52. The second-order valence-corrected chi connectivity index (χ2v) is 8.66. The third-order valence-corrected chi connectivity index (χ3v) is 6.22. The van der Waals surface area contributed by atoms with Gasteiger partial charge in [-0.1, -0.05) is 43.6 Å². The molecule has 1 unspecified atom stereocenters. The van der Waals surface area contributed by atoms with Gasteiger partial charge in [-0.3, -0.25) is 9.89 Å². The lowest BCUT2D eigenvalue weighted by Gasteiger charge is -2.35. The smallest absolute Gasteiger partial charge is 0.191 e. The van der Waals surface area contributed by atoms with E-state index in [4.69, 9.17) is 16.3 Å². The van der Waals surface area contributed by atoms with Crippen molar-refractivity contribution in [1.82, 2.24) is 20.5 Å². The van der Waals surface area contributed by atoms with Crippen molar-refractivity contribution in [3.8, 4) is 0 Å². The van der Waals surface area contributed by atoms with E-state index in [1.807, 2.05) is 18.2 Å². The summed E-state index contributed by atoms with van der Waals surface area (Å²) in [5, 5.41) is 10.8. The molecule has 0 radical (unpaired) electrons. The lowest BCUT2D eigenvalue weighted by Crippen LogP contribution is -2.46. The van der Waals surface area contributed by atoms with E-state index in [2.05, 4.69) is 50.8 Å². The second-order valence-electron chi connectivity index (χ2n) is 7.31. The number of nitrogens with one attached hydrogen (secondary N) is 2. The molecule has 1 fully saturated rings. The molecule has 6 nitrogen and oxygen atoms in total. The molecule has 8 heteroatoms. The van der Waals surface area contributed by atoms with Crippen LogP contribution in [0.25, 0.3) is 0 Å². The lowest BCUT2D eigenvalue weighted by atomic mass is 10.0. The standard InChI is InChI=1S/C21H30ClN5OS/c1-15(2)18-14-29-20(26-18)13-25-21(23-3)24-12-19(27-8-10-28-11-9-27)16-6-4-5-7-17(16)22/h4-7,14-15,19H,8-13H2,1-3H3,(H2,23,24,25). The van der Waals surface area contributed by atoms with Crippen LogP contribution in [0, 0.1) is 0 Å². The molecule has 1 aliphatic rings. The average molecular weight is 436 g/mol. The fourth-order valence-corrected chi connectivity index (χ4v) is 4.47. The third kappa shape index (κ3) is 6.15. The van der Waals surface area contributed by atoms with Crippen LogP contribution in [0.15, 0.2) is 34.6 Å². The molecule has 158 valence electrons. The quantitative estimate of drug-likeness (QED) is 0.513. The van der Waals surface area contributed by atoms with E-state index in [1.54, 1.807) is 18.4 Å². The third-order valence-electron chi connectivity index (χ3n) is 5.01. The summed E-state index contributed by atoms with van der Waals surface area (Å²) in [7, 11) is 1.79. The van der Waals surface area contributed by atoms with E-state index >= 15 is 0 Å². The van der Waals surface area contributed by atoms with Crippen LogP contribution in [-0.4, -0.2) is 55.7 Å². The Bertz CT molecular complexity index is 804. The molecular weight excluding hydrogens is 406 g/mol. The number of ether oxygens (including phenoxy) is 1. The second kappa shape index (κ2) is 10.9. The van der Waals surface area contributed by atoms with Crippen molar-refractivity contribution in [2.45, 2.75) is 32.4 Å². The Hall–Kier alpha value is -1.67. The van der Waals surface area contributed by atoms with Gasteiger partial charge in [-0.2, -0.15) is 0 Å². The van der Waals surface area contributed by atoms with Crippen molar-refractivity contribution >= 4 is 28.9 Å². The first-order valence-electron chi connectivity index (χ1n) is 10.0. The van der Waals surface area contributed by atoms with Gasteiger partial charge in [0.05, 0.1) is 31.5 Å². The van der Waals surface area contributed by atoms with Gasteiger partial charge in [-0.05, 0) is 17.5 Å². The fourth-order valence-electron chi connectivity index (χ4n) is 3.32. The summed E-state index contributed by atoms with van der Waals surface area (Å²) in [6, 6.07) is 8.21. The van der Waals surface area contributed by atoms with Crippen LogP contribution in [-0.2, 0) is 11.3 Å². The van der Waals surface area contributed by atoms with E-state index in [0.717, 1.165) is 53.6 Å². The molecule has 29 heavy (non-hydrogen) atoms. The first-order valence-corrected chi connectivity index (χ1v) is 11.3. The van der Waals surface area contributed by atoms with Crippen LogP contribution >= 0.6 is 22.9 Å². The minimum absolute atomic E-state index is 0.151. The van der Waals surface area contributed by atoms with Crippen LogP contribution in [0.5, 0.6) is 0 Å². The highest BCUT2D eigenvalue weighted by Gasteiger charge is 2.24. The summed E-state index contributed by atoms with van der Waals surface area (Å²) in [5.41, 5.74) is 2.27. The van der Waals surface area contributed by atoms with E-state index in [1.165, 1.54) is 0 Å². The van der Waals surface area contributed by atoms with Crippen molar-refractivity contribution in [3.63, 3.8) is 0 Å². The Morgan fingerprint density at radius 3 is 2.69 bits per heavy atom. The maximum absolute atomic E-state index is 6.52. The Morgan fingerprint density at radius 1 is 1.28 bits per heavy atom. The largest absolute Gasteiger partial charge is 0.379 e. The number of aromatic nitrogens is 1. The lowest BCUT2D eigenvalue weighted by molar-refractivity contribution is 0.0170. The summed E-state index contributed by atoms with van der Waals surface area (Å²) in [6.07, 6.45) is 0. The highest BCUT2D eigenvalue weighted by molar-refractivity contribution is 7.09. The first-order chi connectivity index (χ1) is 14.1. The van der Waals surface area contributed by atoms with Gasteiger partial charge in [0.25, 0.3) is 0 Å². The highest BCUT2D eigenvalue weighted by Crippen LogP contribution is 2.27. The molecule has 1 saturated heterocycles. The number of guanidine groups is 1. The predicted molar refractivity (Wildman–Crippen MR) is 121 cm³/mol. The molecule has 1 aliphatic heterocycles. The number of aliphatic imine (C=N–C) groups is 1. The van der Waals surface area contributed by atoms with Gasteiger partial charge in [0.2, 0.25) is 0 Å². The molecule has 2 aromatic rings. The number of thiazole rings is 1. The Kier molecular flexibility index (Phi) is 8.29. The van der Waals surface area contributed by atoms with E-state index < -0.39 is 0 Å². The van der Waals surface area contributed by atoms with Gasteiger partial charge in [0, 0.05) is 37.1 Å². The van der Waals surface area contributed by atoms with Crippen LogP contribution in [0.4, 0.5) is 0 Å². The minimum Gasteiger partial charge on any atom is -0.379 e. The number of benzene rings is 1. The zero-order valence-corrected chi connectivity index (χ0v) is 18.9. The van der Waals surface area contributed by atoms with E-state index in [0.29, 0.717) is 19.0 Å². The zero-order valence-electron chi connectivity index (χ0n) is 17.3. The number of morpholine rings is 1. The van der Waals surface area contributed by atoms with Crippen molar-refractivity contribution in [3.05, 3.63) is 50.9 Å². The Balaban J connectivity index is 1.62. The van der Waals surface area contributed by atoms with Gasteiger partial charge in [-0.25, -0.2) is 4.98 Å². The number of halogens is 1. The zero-order chi connectivity index (χ0) is 20.6. The molecule has 1 aromatic carbocycles. The molecule has 1 atom stereocenters. The fraction of sp³-hybridized carbons (Fsp3) is 0.524. The summed E-state index contributed by atoms with van der Waals surface area (Å²) >= 11 is 8.20. The van der Waals surface area contributed by atoms with Gasteiger partial charge in [0.15, 0.2) is 5.96 Å². The molecule has 0 aliphatic carbocycles. The monoisotopic (exact) mass is 435 g/mol. The van der Waals surface area contributed by atoms with Crippen molar-refractivity contribution in [1.29, 1.82) is 0 Å². The average Bonchev–Trinajstić information content (AvgIpc) is 3.22. The highest BCUT2D eigenvalue weighted by atomic mass is 35.5. The van der Waals surface area contributed by atoms with Gasteiger partial charge >= 0.3 is 0 Å².